The molecule has 1 heterocycles. The maximum Gasteiger partial charge on any atom is 0.328 e. The lowest BCUT2D eigenvalue weighted by molar-refractivity contribution is -0.147. The third-order valence-electron chi connectivity index (χ3n) is 4.15. The zero-order valence-corrected chi connectivity index (χ0v) is 14.5. The first-order valence-corrected chi connectivity index (χ1v) is 7.76. The number of hydrogen-bond donors (Lipinski definition) is 0. The Bertz CT molecular complexity index is 590. The molecule has 7 nitrogen and oxygen atoms in total. The second-order valence-electron chi connectivity index (χ2n) is 5.45. The Morgan fingerprint density at radius 3 is 2.12 bits per heavy atom. The molecule has 1 aliphatic heterocycles. The van der Waals surface area contributed by atoms with Crippen molar-refractivity contribution in [2.24, 2.45) is 0 Å². The first-order chi connectivity index (χ1) is 11.6. The van der Waals surface area contributed by atoms with Crippen molar-refractivity contribution in [3.8, 4) is 17.2 Å². The average molecular weight is 337 g/mol. The van der Waals surface area contributed by atoms with Crippen molar-refractivity contribution in [2.75, 3.05) is 35.0 Å². The molecule has 1 aliphatic rings. The number of carbonyl (C=O) groups is 2. The van der Waals surface area contributed by atoms with Gasteiger partial charge in [-0.15, -0.1) is 0 Å². The summed E-state index contributed by atoms with van der Waals surface area (Å²) in [5.74, 6) is 0.554. The van der Waals surface area contributed by atoms with Gasteiger partial charge in [-0.1, -0.05) is 0 Å². The van der Waals surface area contributed by atoms with E-state index in [1.54, 1.807) is 17.0 Å². The van der Waals surface area contributed by atoms with Gasteiger partial charge in [-0.05, 0) is 31.4 Å². The molecule has 24 heavy (non-hydrogen) atoms. The summed E-state index contributed by atoms with van der Waals surface area (Å²) in [5, 5.41) is 0. The summed E-state index contributed by atoms with van der Waals surface area (Å²) >= 11 is 0. The normalized spacial score (nSPS) is 17.2. The lowest BCUT2D eigenvalue weighted by atomic mass is 10.0. The van der Waals surface area contributed by atoms with E-state index in [1.165, 1.54) is 28.4 Å². The Morgan fingerprint density at radius 1 is 1.00 bits per heavy atom. The summed E-state index contributed by atoms with van der Waals surface area (Å²) in [6, 6.07) is 2.62. The molecule has 1 aromatic rings. The van der Waals surface area contributed by atoms with Crippen LogP contribution in [0.5, 0.6) is 17.2 Å². The van der Waals surface area contributed by atoms with Crippen LogP contribution in [0.1, 0.15) is 29.6 Å². The highest BCUT2D eigenvalue weighted by molar-refractivity contribution is 5.98. The predicted molar refractivity (Wildman–Crippen MR) is 86.8 cm³/mol. The van der Waals surface area contributed by atoms with Gasteiger partial charge in [0, 0.05) is 12.1 Å². The van der Waals surface area contributed by atoms with Crippen molar-refractivity contribution in [1.82, 2.24) is 4.90 Å². The van der Waals surface area contributed by atoms with E-state index < -0.39 is 12.0 Å². The number of nitrogens with zero attached hydrogens (tertiary/aromatic N) is 1. The number of rotatable bonds is 5. The summed E-state index contributed by atoms with van der Waals surface area (Å²) in [6.45, 7) is 0.509. The molecule has 0 bridgehead atoms. The van der Waals surface area contributed by atoms with Gasteiger partial charge < -0.3 is 23.8 Å². The number of benzene rings is 1. The molecular formula is C17H23NO6. The molecule has 2 rings (SSSR count). The Balaban J connectivity index is 2.39. The van der Waals surface area contributed by atoms with E-state index in [9.17, 15) is 9.59 Å². The number of carbonyl (C=O) groups excluding carboxylic acids is 2. The van der Waals surface area contributed by atoms with Gasteiger partial charge in [0.2, 0.25) is 5.75 Å². The minimum absolute atomic E-state index is 0.260. The Morgan fingerprint density at radius 2 is 1.62 bits per heavy atom. The summed E-state index contributed by atoms with van der Waals surface area (Å²) in [5.41, 5.74) is 0.375. The molecule has 1 amide bonds. The Hall–Kier alpha value is -2.44. The van der Waals surface area contributed by atoms with Crippen molar-refractivity contribution < 1.29 is 28.5 Å². The monoisotopic (exact) mass is 337 g/mol. The van der Waals surface area contributed by atoms with E-state index in [4.69, 9.17) is 18.9 Å². The maximum atomic E-state index is 12.9. The first-order valence-electron chi connectivity index (χ1n) is 7.76. The molecule has 1 atom stereocenters. The van der Waals surface area contributed by atoms with Gasteiger partial charge in [0.1, 0.15) is 6.04 Å². The van der Waals surface area contributed by atoms with Crippen molar-refractivity contribution in [2.45, 2.75) is 25.3 Å². The molecule has 0 unspecified atom stereocenters. The number of ether oxygens (including phenoxy) is 4. The lowest BCUT2D eigenvalue weighted by Crippen LogP contribution is -2.48. The van der Waals surface area contributed by atoms with Gasteiger partial charge >= 0.3 is 5.97 Å². The highest BCUT2D eigenvalue weighted by Gasteiger charge is 2.34. The fourth-order valence-corrected chi connectivity index (χ4v) is 2.93. The number of amides is 1. The largest absolute Gasteiger partial charge is 0.493 e. The van der Waals surface area contributed by atoms with Crippen LogP contribution in [-0.4, -0.2) is 57.8 Å². The standard InChI is InChI=1S/C17H23NO6/c1-21-13-9-11(10-14(22-2)15(13)23-3)16(19)18-8-6-5-7-12(18)17(20)24-4/h9-10,12H,5-8H2,1-4H3/t12-/m0/s1. The Labute approximate surface area is 141 Å². The third kappa shape index (κ3) is 3.39. The second kappa shape index (κ2) is 7.90. The molecule has 132 valence electrons. The van der Waals surface area contributed by atoms with E-state index in [0.29, 0.717) is 35.8 Å². The van der Waals surface area contributed by atoms with Gasteiger partial charge in [0.25, 0.3) is 5.91 Å². The van der Waals surface area contributed by atoms with Gasteiger partial charge in [-0.25, -0.2) is 4.79 Å². The predicted octanol–water partition coefficient (Wildman–Crippen LogP) is 1.88. The number of likely N-dealkylation sites (tertiary alicyclic amines) is 1. The van der Waals surface area contributed by atoms with Crippen LogP contribution in [0.2, 0.25) is 0 Å². The van der Waals surface area contributed by atoms with Gasteiger partial charge in [0.15, 0.2) is 11.5 Å². The van der Waals surface area contributed by atoms with Crippen molar-refractivity contribution in [3.63, 3.8) is 0 Å². The number of hydrogen-bond acceptors (Lipinski definition) is 6. The smallest absolute Gasteiger partial charge is 0.328 e. The molecule has 0 aromatic heterocycles. The molecule has 1 saturated heterocycles. The van der Waals surface area contributed by atoms with Crippen LogP contribution >= 0.6 is 0 Å². The summed E-state index contributed by atoms with van der Waals surface area (Å²) in [6.07, 6.45) is 2.34. The van der Waals surface area contributed by atoms with E-state index in [1.807, 2.05) is 0 Å². The van der Waals surface area contributed by atoms with E-state index >= 15 is 0 Å². The van der Waals surface area contributed by atoms with E-state index in [-0.39, 0.29) is 5.91 Å². The first kappa shape index (κ1) is 17.9. The highest BCUT2D eigenvalue weighted by atomic mass is 16.5. The number of methoxy groups -OCH3 is 4. The zero-order chi connectivity index (χ0) is 17.7. The summed E-state index contributed by atoms with van der Waals surface area (Å²) in [4.78, 5) is 26.5. The SMILES string of the molecule is COC(=O)[C@@H]1CCCCN1C(=O)c1cc(OC)c(OC)c(OC)c1. The minimum atomic E-state index is -0.560. The summed E-state index contributed by atoms with van der Waals surface area (Å²) < 4.78 is 20.7. The maximum absolute atomic E-state index is 12.9. The molecule has 1 aromatic carbocycles. The van der Waals surface area contributed by atoms with Gasteiger partial charge in [-0.3, -0.25) is 4.79 Å². The molecule has 0 spiro atoms. The van der Waals surface area contributed by atoms with Crippen LogP contribution in [0.4, 0.5) is 0 Å². The van der Waals surface area contributed by atoms with Crippen LogP contribution in [0.25, 0.3) is 0 Å². The van der Waals surface area contributed by atoms with E-state index in [2.05, 4.69) is 0 Å². The highest BCUT2D eigenvalue weighted by Crippen LogP contribution is 2.38. The van der Waals surface area contributed by atoms with E-state index in [0.717, 1.165) is 12.8 Å². The zero-order valence-electron chi connectivity index (χ0n) is 14.5. The van der Waals surface area contributed by atoms with Gasteiger partial charge in [-0.2, -0.15) is 0 Å². The lowest BCUT2D eigenvalue weighted by Gasteiger charge is -2.34. The molecule has 0 radical (unpaired) electrons. The van der Waals surface area contributed by atoms with Gasteiger partial charge in [0.05, 0.1) is 28.4 Å². The molecular weight excluding hydrogens is 314 g/mol. The third-order valence-corrected chi connectivity index (χ3v) is 4.15. The molecule has 7 heteroatoms. The van der Waals surface area contributed by atoms with Crippen LogP contribution in [0, 0.1) is 0 Å². The average Bonchev–Trinajstić information content (AvgIpc) is 2.65. The number of piperidine rings is 1. The molecule has 0 aliphatic carbocycles. The quantitative estimate of drug-likeness (QED) is 0.764. The summed E-state index contributed by atoms with van der Waals surface area (Å²) in [7, 11) is 5.81. The number of esters is 1. The van der Waals surface area contributed by atoms with Crippen LogP contribution in [-0.2, 0) is 9.53 Å². The van der Waals surface area contributed by atoms with Crippen molar-refractivity contribution >= 4 is 11.9 Å². The molecule has 0 saturated carbocycles. The second-order valence-corrected chi connectivity index (χ2v) is 5.45. The topological polar surface area (TPSA) is 74.3 Å². The fourth-order valence-electron chi connectivity index (χ4n) is 2.93. The van der Waals surface area contributed by atoms with Crippen LogP contribution in [0.3, 0.4) is 0 Å². The van der Waals surface area contributed by atoms with Crippen molar-refractivity contribution in [3.05, 3.63) is 17.7 Å². The fraction of sp³-hybridized carbons (Fsp3) is 0.529. The van der Waals surface area contributed by atoms with Crippen molar-refractivity contribution in [1.29, 1.82) is 0 Å². The van der Waals surface area contributed by atoms with Crippen LogP contribution in [0.15, 0.2) is 12.1 Å². The van der Waals surface area contributed by atoms with Crippen LogP contribution < -0.4 is 14.2 Å². The molecule has 1 fully saturated rings. The molecule has 0 N–H and O–H groups in total. The minimum Gasteiger partial charge on any atom is -0.493 e. The Kier molecular flexibility index (Phi) is 5.89.